The molecule has 2 aliphatic heterocycles. The van der Waals surface area contributed by atoms with E-state index < -0.39 is 83.0 Å². The molecule has 51 heavy (non-hydrogen) atoms. The highest BCUT2D eigenvalue weighted by Crippen LogP contribution is 2.44. The van der Waals surface area contributed by atoms with Crippen molar-refractivity contribution in [2.75, 3.05) is 0 Å². The second kappa shape index (κ2) is 13.4. The number of hydrogen-bond acceptors (Lipinski definition) is 12. The second-order valence-corrected chi connectivity index (χ2v) is 13.6. The maximum atomic E-state index is 13.7. The predicted molar refractivity (Wildman–Crippen MR) is 177 cm³/mol. The summed E-state index contributed by atoms with van der Waals surface area (Å²) >= 11 is 0. The number of allylic oxidation sites excluding steroid dienone is 4. The first kappa shape index (κ1) is 36.0. The summed E-state index contributed by atoms with van der Waals surface area (Å²) in [4.78, 5) is 64.4. The van der Waals surface area contributed by atoms with Gasteiger partial charge in [0.15, 0.2) is 17.3 Å². The molecule has 2 aliphatic carbocycles. The Balaban J connectivity index is 1.09. The Morgan fingerprint density at radius 2 is 1.55 bits per heavy atom. The van der Waals surface area contributed by atoms with Crippen LogP contribution in [0.2, 0.25) is 0 Å². The summed E-state index contributed by atoms with van der Waals surface area (Å²) < 4.78 is 22.5. The lowest BCUT2D eigenvalue weighted by molar-refractivity contribution is -0.200. The minimum absolute atomic E-state index is 0.0834. The van der Waals surface area contributed by atoms with Crippen LogP contribution in [0.15, 0.2) is 60.7 Å². The molecule has 2 heterocycles. The van der Waals surface area contributed by atoms with E-state index in [0.717, 1.165) is 0 Å². The average molecular weight is 703 g/mol. The van der Waals surface area contributed by atoms with Crippen molar-refractivity contribution >= 4 is 29.3 Å². The molecule has 2 aromatic rings. The molecule has 2 saturated heterocycles. The fourth-order valence-corrected chi connectivity index (χ4v) is 7.03. The van der Waals surface area contributed by atoms with Gasteiger partial charge >= 0.3 is 11.9 Å². The van der Waals surface area contributed by atoms with E-state index in [1.807, 2.05) is 0 Å². The number of esters is 1. The number of aliphatic hydroxyl groups is 2. The zero-order valence-corrected chi connectivity index (χ0v) is 28.3. The molecule has 2 aromatic carbocycles. The van der Waals surface area contributed by atoms with Gasteiger partial charge in [-0.15, -0.1) is 0 Å². The largest absolute Gasteiger partial charge is 0.507 e. The molecule has 4 N–H and O–H groups in total. The molecule has 0 amide bonds. The Morgan fingerprint density at radius 1 is 0.882 bits per heavy atom. The Hall–Kier alpha value is -4.79. The quantitative estimate of drug-likeness (QED) is 0.159. The first-order chi connectivity index (χ1) is 24.0. The van der Waals surface area contributed by atoms with Gasteiger partial charge < -0.3 is 39.4 Å². The molecular formula is C38H38O13. The van der Waals surface area contributed by atoms with Gasteiger partial charge in [0.2, 0.25) is 0 Å². The molecule has 268 valence electrons. The van der Waals surface area contributed by atoms with Crippen molar-refractivity contribution in [1.29, 1.82) is 0 Å². The number of fused-ring (bicyclic) bond motifs is 4. The summed E-state index contributed by atoms with van der Waals surface area (Å²) in [5, 5.41) is 41.5. The van der Waals surface area contributed by atoms with Crippen molar-refractivity contribution < 1.29 is 63.3 Å². The van der Waals surface area contributed by atoms with Crippen LogP contribution in [-0.4, -0.2) is 91.6 Å². The number of aromatic hydroxyl groups is 1. The number of carbonyl (C=O) groups is 5. The number of carboxylic acids is 1. The second-order valence-electron chi connectivity index (χ2n) is 13.6. The number of phenols is 1. The molecule has 3 unspecified atom stereocenters. The number of benzene rings is 2. The van der Waals surface area contributed by atoms with Gasteiger partial charge in [-0.3, -0.25) is 14.4 Å². The third-order valence-corrected chi connectivity index (χ3v) is 9.80. The van der Waals surface area contributed by atoms with Crippen molar-refractivity contribution in [2.24, 2.45) is 0 Å². The maximum absolute atomic E-state index is 13.7. The zero-order chi connectivity index (χ0) is 37.0. The van der Waals surface area contributed by atoms with Crippen molar-refractivity contribution in [2.45, 2.75) is 95.0 Å². The molecule has 2 fully saturated rings. The number of carbonyl (C=O) groups excluding carboxylic acids is 4. The fourth-order valence-electron chi connectivity index (χ4n) is 7.03. The number of carboxylic acid groups (broad SMARTS) is 1. The molecule has 0 saturated carbocycles. The number of ether oxygens (including phenoxy) is 4. The highest BCUT2D eigenvalue weighted by Gasteiger charge is 2.48. The molecule has 8 atom stereocenters. The van der Waals surface area contributed by atoms with Crippen LogP contribution in [0.4, 0.5) is 0 Å². The molecule has 0 bridgehead atoms. The minimum Gasteiger partial charge on any atom is -0.507 e. The number of hydrogen-bond donors (Lipinski definition) is 4. The van der Waals surface area contributed by atoms with E-state index in [1.54, 1.807) is 38.2 Å². The van der Waals surface area contributed by atoms with E-state index in [-0.39, 0.29) is 39.8 Å². The van der Waals surface area contributed by atoms with E-state index in [0.29, 0.717) is 18.4 Å². The molecule has 0 radical (unpaired) electrons. The molecule has 13 nitrogen and oxygen atoms in total. The number of Topliss-reactive ketones (excluding diaryl/α,β-unsaturated/α-hetero) is 1. The Bertz CT molecular complexity index is 1920. The third-order valence-electron chi connectivity index (χ3n) is 9.80. The predicted octanol–water partition coefficient (Wildman–Crippen LogP) is 3.44. The Kier molecular flexibility index (Phi) is 9.46. The fraction of sp³-hybridized carbons (Fsp3) is 0.395. The van der Waals surface area contributed by atoms with Gasteiger partial charge in [-0.1, -0.05) is 42.5 Å². The van der Waals surface area contributed by atoms with Crippen LogP contribution in [0.3, 0.4) is 0 Å². The van der Waals surface area contributed by atoms with E-state index >= 15 is 0 Å². The first-order valence-corrected chi connectivity index (χ1v) is 16.6. The number of aliphatic hydroxyl groups excluding tert-OH is 1. The summed E-state index contributed by atoms with van der Waals surface area (Å²) in [7, 11) is 0. The van der Waals surface area contributed by atoms with Gasteiger partial charge in [0.05, 0.1) is 29.5 Å². The van der Waals surface area contributed by atoms with Crippen LogP contribution in [0.25, 0.3) is 0 Å². The van der Waals surface area contributed by atoms with E-state index in [9.17, 15) is 44.4 Å². The number of rotatable bonds is 7. The van der Waals surface area contributed by atoms with Gasteiger partial charge in [-0.2, -0.15) is 0 Å². The molecule has 0 aromatic heterocycles. The summed E-state index contributed by atoms with van der Waals surface area (Å²) in [6.45, 7) is 6.08. The standard InChI is InChI=1S/C38H38O13/c1-18-24(49-27(39)10-8-6-5-7-9-25-19(2)50-38(4,51-25)36(45)46)15-16-26(48-18)21-13-14-23-30(31(21)40)33(42)22-12-11-20-17-37(3,47)35(44)34(43)28(20)29(22)32(23)41/h5-14,18-19,24-26,35,40,44,47H,15-17H2,1-4H3,(H,45,46)/b6-5+,9-7+,10-8+/t18-,19+,24+,25+,26?,35?,37?,38+/m1/s1. The van der Waals surface area contributed by atoms with E-state index in [2.05, 4.69) is 0 Å². The third kappa shape index (κ3) is 6.47. The molecule has 6 rings (SSSR count). The SMILES string of the molecule is C[C@@H]1O[C@](C)(C(=O)O)O[C@H]1/C=C/C=C/C=C/C(=O)O[C@H]1CCC(c2ccc3c(c2O)C(=O)c2ccc4c(c2C3=O)C(=O)C(O)C(C)(O)C4)O[C@@H]1C. The zero-order valence-electron chi connectivity index (χ0n) is 28.3. The van der Waals surface area contributed by atoms with Crippen molar-refractivity contribution in [3.63, 3.8) is 0 Å². The maximum Gasteiger partial charge on any atom is 0.364 e. The van der Waals surface area contributed by atoms with Crippen LogP contribution >= 0.6 is 0 Å². The van der Waals surface area contributed by atoms with Crippen LogP contribution in [0.1, 0.15) is 100.0 Å². The lowest BCUT2D eigenvalue weighted by atomic mass is 9.72. The summed E-state index contributed by atoms with van der Waals surface area (Å²) in [6, 6.07) is 5.76. The molecule has 0 spiro atoms. The van der Waals surface area contributed by atoms with Crippen molar-refractivity contribution in [3.05, 3.63) is 99.7 Å². The summed E-state index contributed by atoms with van der Waals surface area (Å²) in [5.74, 6) is -6.11. The Morgan fingerprint density at radius 3 is 2.24 bits per heavy atom. The molecule has 4 aliphatic rings. The van der Waals surface area contributed by atoms with Gasteiger partial charge in [0, 0.05) is 47.2 Å². The first-order valence-electron chi connectivity index (χ1n) is 16.6. The summed E-state index contributed by atoms with van der Waals surface area (Å²) in [6.07, 6.45) is 5.23. The van der Waals surface area contributed by atoms with Crippen LogP contribution in [0, 0.1) is 0 Å². The van der Waals surface area contributed by atoms with E-state index in [1.165, 1.54) is 50.3 Å². The lowest BCUT2D eigenvalue weighted by Crippen LogP contribution is -2.50. The summed E-state index contributed by atoms with van der Waals surface area (Å²) in [5.41, 5.74) is -1.75. The average Bonchev–Trinajstić information content (AvgIpc) is 3.38. The van der Waals surface area contributed by atoms with Gasteiger partial charge in [-0.05, 0) is 51.3 Å². The van der Waals surface area contributed by atoms with Gasteiger partial charge in [0.25, 0.3) is 5.79 Å². The molecular weight excluding hydrogens is 664 g/mol. The van der Waals surface area contributed by atoms with Gasteiger partial charge in [-0.25, -0.2) is 9.59 Å². The number of ketones is 3. The van der Waals surface area contributed by atoms with Crippen LogP contribution < -0.4 is 0 Å². The number of phenolic OH excluding ortho intramolecular Hbond substituents is 1. The Labute approximate surface area is 292 Å². The van der Waals surface area contributed by atoms with E-state index in [4.69, 9.17) is 18.9 Å². The highest BCUT2D eigenvalue weighted by molar-refractivity contribution is 6.32. The van der Waals surface area contributed by atoms with Gasteiger partial charge in [0.1, 0.15) is 24.1 Å². The smallest absolute Gasteiger partial charge is 0.364 e. The molecule has 13 heteroatoms. The lowest BCUT2D eigenvalue weighted by Gasteiger charge is -2.36. The van der Waals surface area contributed by atoms with Crippen molar-refractivity contribution in [1.82, 2.24) is 0 Å². The number of aliphatic carboxylic acids is 1. The topological polar surface area (TPSA) is 203 Å². The van der Waals surface area contributed by atoms with Crippen LogP contribution in [-0.2, 0) is 35.0 Å². The van der Waals surface area contributed by atoms with Crippen molar-refractivity contribution in [3.8, 4) is 5.75 Å². The van der Waals surface area contributed by atoms with Crippen LogP contribution in [0.5, 0.6) is 5.75 Å². The monoisotopic (exact) mass is 702 g/mol. The normalized spacial score (nSPS) is 32.0. The minimum atomic E-state index is -1.77. The highest BCUT2D eigenvalue weighted by atomic mass is 16.8.